The lowest BCUT2D eigenvalue weighted by atomic mass is 9.88. The second-order valence-electron chi connectivity index (χ2n) is 4.88. The molecule has 0 aliphatic rings. The number of hydrogen-bond acceptors (Lipinski definition) is 2. The van der Waals surface area contributed by atoms with Crippen LogP contribution in [0.5, 0.6) is 0 Å². The molecule has 1 aromatic rings. The Hall–Kier alpha value is -1.00. The monoisotopic (exact) mass is 271 g/mol. The molecule has 0 aliphatic carbocycles. The molecule has 1 rings (SSSR count). The highest BCUT2D eigenvalue weighted by Crippen LogP contribution is 2.24. The van der Waals surface area contributed by atoms with Crippen LogP contribution in [0.2, 0.25) is 0 Å². The Morgan fingerprint density at radius 2 is 2.00 bits per heavy atom. The highest BCUT2D eigenvalue weighted by Gasteiger charge is 2.32. The molecule has 0 saturated heterocycles. The maximum absolute atomic E-state index is 13.7. The molecule has 2 nitrogen and oxygen atoms in total. The summed E-state index contributed by atoms with van der Waals surface area (Å²) in [5.74, 6) is -1.06. The molecule has 0 aromatic heterocycles. The SMILES string of the molecule is CCOC(C)(CC)C(Cc1ccc(F)cc1F)NC. The van der Waals surface area contributed by atoms with Crippen molar-refractivity contribution in [1.82, 2.24) is 5.32 Å². The normalized spacial score (nSPS) is 16.1. The lowest BCUT2D eigenvalue weighted by Gasteiger charge is -2.37. The van der Waals surface area contributed by atoms with Gasteiger partial charge in [-0.3, -0.25) is 0 Å². The van der Waals surface area contributed by atoms with Gasteiger partial charge in [-0.15, -0.1) is 0 Å². The molecule has 2 atom stereocenters. The molecule has 4 heteroatoms. The van der Waals surface area contributed by atoms with Gasteiger partial charge in [-0.05, 0) is 45.4 Å². The fraction of sp³-hybridized carbons (Fsp3) is 0.600. The van der Waals surface area contributed by atoms with E-state index in [4.69, 9.17) is 4.74 Å². The summed E-state index contributed by atoms with van der Waals surface area (Å²) >= 11 is 0. The summed E-state index contributed by atoms with van der Waals surface area (Å²) in [4.78, 5) is 0. The molecule has 0 radical (unpaired) electrons. The fourth-order valence-corrected chi connectivity index (χ4v) is 2.31. The highest BCUT2D eigenvalue weighted by atomic mass is 19.1. The maximum atomic E-state index is 13.7. The quantitative estimate of drug-likeness (QED) is 0.821. The van der Waals surface area contributed by atoms with Crippen LogP contribution in [0.3, 0.4) is 0 Å². The fourth-order valence-electron chi connectivity index (χ4n) is 2.31. The van der Waals surface area contributed by atoms with Crippen molar-refractivity contribution in [2.24, 2.45) is 0 Å². The average Bonchev–Trinajstić information content (AvgIpc) is 2.38. The van der Waals surface area contributed by atoms with Crippen molar-refractivity contribution in [3.05, 3.63) is 35.4 Å². The zero-order valence-corrected chi connectivity index (χ0v) is 12.1. The number of ether oxygens (including phenoxy) is 1. The zero-order valence-electron chi connectivity index (χ0n) is 12.1. The predicted octanol–water partition coefficient (Wildman–Crippen LogP) is 3.30. The molecule has 0 aliphatic heterocycles. The molecule has 0 fully saturated rings. The summed E-state index contributed by atoms with van der Waals surface area (Å²) < 4.78 is 32.4. The largest absolute Gasteiger partial charge is 0.374 e. The third-order valence-corrected chi connectivity index (χ3v) is 3.70. The van der Waals surface area contributed by atoms with E-state index >= 15 is 0 Å². The Labute approximate surface area is 114 Å². The summed E-state index contributed by atoms with van der Waals surface area (Å²) in [6, 6.07) is 3.68. The minimum atomic E-state index is -0.551. The number of halogens is 2. The van der Waals surface area contributed by atoms with Gasteiger partial charge in [0.2, 0.25) is 0 Å². The minimum Gasteiger partial charge on any atom is -0.374 e. The van der Waals surface area contributed by atoms with E-state index < -0.39 is 11.6 Å². The average molecular weight is 271 g/mol. The Morgan fingerprint density at radius 1 is 1.32 bits per heavy atom. The van der Waals surface area contributed by atoms with E-state index in [-0.39, 0.29) is 11.6 Å². The third-order valence-electron chi connectivity index (χ3n) is 3.70. The van der Waals surface area contributed by atoms with E-state index in [9.17, 15) is 8.78 Å². The molecule has 0 saturated carbocycles. The molecule has 0 bridgehead atoms. The van der Waals surface area contributed by atoms with Crippen molar-refractivity contribution in [2.45, 2.75) is 45.3 Å². The van der Waals surface area contributed by atoms with Gasteiger partial charge in [0, 0.05) is 18.7 Å². The Morgan fingerprint density at radius 3 is 2.47 bits per heavy atom. The van der Waals surface area contributed by atoms with Crippen molar-refractivity contribution in [1.29, 1.82) is 0 Å². The van der Waals surface area contributed by atoms with E-state index in [0.29, 0.717) is 18.6 Å². The van der Waals surface area contributed by atoms with E-state index in [2.05, 4.69) is 5.32 Å². The first-order valence-electron chi connectivity index (χ1n) is 6.72. The summed E-state index contributed by atoms with van der Waals surface area (Å²) in [6.07, 6.45) is 1.28. The molecule has 19 heavy (non-hydrogen) atoms. The van der Waals surface area contributed by atoms with Crippen LogP contribution in [0.25, 0.3) is 0 Å². The summed E-state index contributed by atoms with van der Waals surface area (Å²) in [7, 11) is 1.83. The van der Waals surface area contributed by atoms with Crippen molar-refractivity contribution >= 4 is 0 Å². The van der Waals surface area contributed by atoms with Crippen LogP contribution in [0.4, 0.5) is 8.78 Å². The topological polar surface area (TPSA) is 21.3 Å². The van der Waals surface area contributed by atoms with Crippen molar-refractivity contribution < 1.29 is 13.5 Å². The smallest absolute Gasteiger partial charge is 0.129 e. The number of likely N-dealkylation sites (N-methyl/N-ethyl adjacent to an activating group) is 1. The standard InChI is InChI=1S/C15H23F2NO/c1-5-15(3,19-6-2)14(18-4)9-11-7-8-12(16)10-13(11)17/h7-8,10,14,18H,5-6,9H2,1-4H3. The minimum absolute atomic E-state index is 0.0302. The Bertz CT molecular complexity index is 411. The molecule has 0 spiro atoms. The van der Waals surface area contributed by atoms with E-state index in [1.54, 1.807) is 0 Å². The Kier molecular flexibility index (Phi) is 5.88. The van der Waals surface area contributed by atoms with E-state index in [0.717, 1.165) is 12.5 Å². The second-order valence-corrected chi connectivity index (χ2v) is 4.88. The summed E-state index contributed by atoms with van der Waals surface area (Å²) in [5, 5.41) is 3.18. The zero-order chi connectivity index (χ0) is 14.5. The first-order valence-corrected chi connectivity index (χ1v) is 6.72. The van der Waals surface area contributed by atoms with Gasteiger partial charge in [-0.1, -0.05) is 13.0 Å². The highest BCUT2D eigenvalue weighted by molar-refractivity contribution is 5.20. The molecule has 0 heterocycles. The van der Waals surface area contributed by atoms with Gasteiger partial charge in [-0.25, -0.2) is 8.78 Å². The van der Waals surface area contributed by atoms with Crippen molar-refractivity contribution in [3.8, 4) is 0 Å². The number of benzene rings is 1. The number of nitrogens with one attached hydrogen (secondary N) is 1. The lowest BCUT2D eigenvalue weighted by Crippen LogP contribution is -2.50. The summed E-state index contributed by atoms with van der Waals surface area (Å²) in [6.45, 7) is 6.60. The van der Waals surface area contributed by atoms with Crippen molar-refractivity contribution in [2.75, 3.05) is 13.7 Å². The molecule has 0 amide bonds. The van der Waals surface area contributed by atoms with Gasteiger partial charge in [0.25, 0.3) is 0 Å². The first kappa shape index (κ1) is 16.1. The van der Waals surface area contributed by atoms with Gasteiger partial charge in [0.1, 0.15) is 11.6 Å². The van der Waals surface area contributed by atoms with Crippen LogP contribution >= 0.6 is 0 Å². The van der Waals surface area contributed by atoms with Crippen LogP contribution in [0.15, 0.2) is 18.2 Å². The van der Waals surface area contributed by atoms with Crippen molar-refractivity contribution in [3.63, 3.8) is 0 Å². The molecular weight excluding hydrogens is 248 g/mol. The maximum Gasteiger partial charge on any atom is 0.129 e. The third kappa shape index (κ3) is 3.98. The second kappa shape index (κ2) is 6.96. The molecule has 1 aromatic carbocycles. The van der Waals surface area contributed by atoms with E-state index in [1.165, 1.54) is 12.1 Å². The van der Waals surface area contributed by atoms with Crippen LogP contribution in [0, 0.1) is 11.6 Å². The van der Waals surface area contributed by atoms with E-state index in [1.807, 2.05) is 27.8 Å². The van der Waals surface area contributed by atoms with Crippen LogP contribution < -0.4 is 5.32 Å². The molecular formula is C15H23F2NO. The lowest BCUT2D eigenvalue weighted by molar-refractivity contribution is -0.0535. The van der Waals surface area contributed by atoms with Gasteiger partial charge in [-0.2, -0.15) is 0 Å². The number of hydrogen-bond donors (Lipinski definition) is 1. The van der Waals surface area contributed by atoms with Crippen LogP contribution in [0.1, 0.15) is 32.8 Å². The van der Waals surface area contributed by atoms with Gasteiger partial charge in [0.05, 0.1) is 5.60 Å². The molecule has 1 N–H and O–H groups in total. The summed E-state index contributed by atoms with van der Waals surface area (Å²) in [5.41, 5.74) is 0.129. The first-order chi connectivity index (χ1) is 8.96. The molecule has 108 valence electrons. The predicted molar refractivity (Wildman–Crippen MR) is 73.2 cm³/mol. The van der Waals surface area contributed by atoms with Crippen LogP contribution in [-0.4, -0.2) is 25.3 Å². The molecule has 2 unspecified atom stereocenters. The van der Waals surface area contributed by atoms with Crippen LogP contribution in [-0.2, 0) is 11.2 Å². The number of rotatable bonds is 7. The Balaban J connectivity index is 2.92. The van der Waals surface area contributed by atoms with Gasteiger partial charge < -0.3 is 10.1 Å². The van der Waals surface area contributed by atoms with Gasteiger partial charge in [0.15, 0.2) is 0 Å². The van der Waals surface area contributed by atoms with Gasteiger partial charge >= 0.3 is 0 Å².